The summed E-state index contributed by atoms with van der Waals surface area (Å²) in [5, 5.41) is 13.0. The number of amides is 1. The molecule has 0 saturated heterocycles. The van der Waals surface area contributed by atoms with Crippen LogP contribution < -0.4 is 4.90 Å². The average molecular weight is 449 g/mol. The Hall–Kier alpha value is -2.69. The van der Waals surface area contributed by atoms with Crippen molar-refractivity contribution in [3.8, 4) is 6.07 Å². The molecule has 0 atom stereocenters. The van der Waals surface area contributed by atoms with Gasteiger partial charge in [-0.15, -0.1) is 11.3 Å². The number of hydrogen-bond acceptors (Lipinski definition) is 6. The molecule has 1 aliphatic carbocycles. The minimum Gasteiger partial charge on any atom is -0.274 e. The summed E-state index contributed by atoms with van der Waals surface area (Å²) in [6.07, 6.45) is 4.32. The van der Waals surface area contributed by atoms with Crippen LogP contribution in [0, 0.1) is 25.2 Å². The van der Waals surface area contributed by atoms with Crippen LogP contribution in [0.4, 0.5) is 10.8 Å². The molecule has 2 heterocycles. The fraction of sp³-hybridized carbons (Fsp3) is 0.333. The van der Waals surface area contributed by atoms with Crippen molar-refractivity contribution in [3.05, 3.63) is 63.3 Å². The fourth-order valence-electron chi connectivity index (χ4n) is 3.70. The maximum Gasteiger partial charge on any atom is 0.230 e. The molecular weight excluding hydrogens is 424 g/mol. The smallest absolute Gasteiger partial charge is 0.230 e. The quantitative estimate of drug-likeness (QED) is 0.456. The summed E-state index contributed by atoms with van der Waals surface area (Å²) >= 11 is 2.99. The summed E-state index contributed by atoms with van der Waals surface area (Å²) in [6.45, 7) is 5.65. The third kappa shape index (κ3) is 4.65. The number of aryl methyl sites for hydroxylation is 4. The van der Waals surface area contributed by atoms with Gasteiger partial charge in [-0.05, 0) is 74.4 Å². The number of carbonyl (C=O) groups is 1. The number of anilines is 2. The van der Waals surface area contributed by atoms with Gasteiger partial charge in [0.25, 0.3) is 0 Å². The van der Waals surface area contributed by atoms with Gasteiger partial charge in [-0.3, -0.25) is 9.69 Å². The summed E-state index contributed by atoms with van der Waals surface area (Å²) in [7, 11) is 0. The lowest BCUT2D eigenvalue weighted by molar-refractivity contribution is -0.115. The van der Waals surface area contributed by atoms with Crippen LogP contribution in [-0.4, -0.2) is 15.9 Å². The fourth-order valence-corrected chi connectivity index (χ4v) is 5.56. The number of nitrogens with zero attached hydrogens (tertiary/aromatic N) is 4. The van der Waals surface area contributed by atoms with E-state index >= 15 is 0 Å². The number of pyridine rings is 1. The number of thiazole rings is 1. The standard InChI is InChI=1S/C24H24N4OS2/c1-15-8-9-21(10-16(15)2)28(17(3)29)24-26-20(14-31-24)13-30-23-19(12-25)11-18-6-4-5-7-22(18)27-23/h8-11,14H,4-7,13H2,1-3H3. The lowest BCUT2D eigenvalue weighted by Crippen LogP contribution is -2.22. The molecule has 0 fully saturated rings. The van der Waals surface area contributed by atoms with Crippen molar-refractivity contribution in [2.45, 2.75) is 57.2 Å². The molecule has 5 nitrogen and oxygen atoms in total. The molecule has 3 aromatic rings. The van der Waals surface area contributed by atoms with Gasteiger partial charge in [0.05, 0.1) is 16.9 Å². The summed E-state index contributed by atoms with van der Waals surface area (Å²) in [5.74, 6) is 0.537. The van der Waals surface area contributed by atoms with Gasteiger partial charge in [0.2, 0.25) is 5.91 Å². The Bertz CT molecular complexity index is 1180. The first-order valence-electron chi connectivity index (χ1n) is 10.3. The molecule has 1 aromatic carbocycles. The molecule has 0 bridgehead atoms. The molecule has 7 heteroatoms. The number of rotatable bonds is 5. The molecule has 0 unspecified atom stereocenters. The van der Waals surface area contributed by atoms with Crippen molar-refractivity contribution in [1.29, 1.82) is 5.26 Å². The molecule has 0 N–H and O–H groups in total. The average Bonchev–Trinajstić information content (AvgIpc) is 3.22. The molecule has 1 amide bonds. The predicted octanol–water partition coefficient (Wildman–Crippen LogP) is 5.88. The SMILES string of the molecule is CC(=O)N(c1ccc(C)c(C)c1)c1nc(CSc2nc3c(cc2C#N)CCCC3)cs1. The number of carbonyl (C=O) groups excluding carboxylic acids is 1. The van der Waals surface area contributed by atoms with Gasteiger partial charge < -0.3 is 0 Å². The second-order valence-corrected chi connectivity index (χ2v) is 9.60. The van der Waals surface area contributed by atoms with Crippen LogP contribution in [0.15, 0.2) is 34.7 Å². The lowest BCUT2D eigenvalue weighted by atomic mass is 9.95. The van der Waals surface area contributed by atoms with E-state index in [0.29, 0.717) is 16.4 Å². The largest absolute Gasteiger partial charge is 0.274 e. The van der Waals surface area contributed by atoms with Crippen LogP contribution in [-0.2, 0) is 23.4 Å². The maximum atomic E-state index is 12.4. The van der Waals surface area contributed by atoms with Crippen molar-refractivity contribution < 1.29 is 4.79 Å². The second-order valence-electron chi connectivity index (χ2n) is 7.80. The number of aromatic nitrogens is 2. The molecule has 0 radical (unpaired) electrons. The van der Waals surface area contributed by atoms with E-state index in [9.17, 15) is 10.1 Å². The van der Waals surface area contributed by atoms with Crippen molar-refractivity contribution in [1.82, 2.24) is 9.97 Å². The minimum atomic E-state index is -0.0695. The van der Waals surface area contributed by atoms with Gasteiger partial charge in [-0.1, -0.05) is 17.8 Å². The third-order valence-electron chi connectivity index (χ3n) is 5.54. The molecular formula is C24H24N4OS2. The predicted molar refractivity (Wildman–Crippen MR) is 126 cm³/mol. The Kier molecular flexibility index (Phi) is 6.40. The highest BCUT2D eigenvalue weighted by molar-refractivity contribution is 7.98. The van der Waals surface area contributed by atoms with Crippen molar-refractivity contribution >= 4 is 39.8 Å². The van der Waals surface area contributed by atoms with E-state index in [0.717, 1.165) is 46.9 Å². The van der Waals surface area contributed by atoms with Crippen molar-refractivity contribution in [2.24, 2.45) is 0 Å². The molecule has 158 valence electrons. The monoisotopic (exact) mass is 448 g/mol. The number of nitriles is 1. The topological polar surface area (TPSA) is 69.9 Å². The first-order valence-corrected chi connectivity index (χ1v) is 12.2. The zero-order valence-corrected chi connectivity index (χ0v) is 19.6. The van der Waals surface area contributed by atoms with Gasteiger partial charge in [-0.2, -0.15) is 5.26 Å². The van der Waals surface area contributed by atoms with Crippen molar-refractivity contribution in [2.75, 3.05) is 4.90 Å². The van der Waals surface area contributed by atoms with Crippen LogP contribution in [0.3, 0.4) is 0 Å². The van der Waals surface area contributed by atoms with E-state index < -0.39 is 0 Å². The third-order valence-corrected chi connectivity index (χ3v) is 7.44. The lowest BCUT2D eigenvalue weighted by Gasteiger charge is -2.19. The molecule has 31 heavy (non-hydrogen) atoms. The number of thioether (sulfide) groups is 1. The van der Waals surface area contributed by atoms with Crippen LogP contribution in [0.1, 0.15) is 53.4 Å². The summed E-state index contributed by atoms with van der Waals surface area (Å²) < 4.78 is 0. The molecule has 0 spiro atoms. The van der Waals surface area contributed by atoms with Crippen LogP contribution in [0.5, 0.6) is 0 Å². The molecule has 2 aromatic heterocycles. The Morgan fingerprint density at radius 2 is 2.00 bits per heavy atom. The van der Waals surface area contributed by atoms with E-state index in [1.165, 1.54) is 40.6 Å². The van der Waals surface area contributed by atoms with Crippen molar-refractivity contribution in [3.63, 3.8) is 0 Å². The van der Waals surface area contributed by atoms with Crippen LogP contribution in [0.2, 0.25) is 0 Å². The normalized spacial score (nSPS) is 12.8. The first-order chi connectivity index (χ1) is 15.0. The number of fused-ring (bicyclic) bond motifs is 1. The Balaban J connectivity index is 1.54. The number of hydrogen-bond donors (Lipinski definition) is 0. The van der Waals surface area contributed by atoms with E-state index in [1.807, 2.05) is 36.6 Å². The van der Waals surface area contributed by atoms with Gasteiger partial charge >= 0.3 is 0 Å². The second kappa shape index (κ2) is 9.21. The van der Waals surface area contributed by atoms with Gasteiger partial charge in [0.15, 0.2) is 5.13 Å². The first kappa shape index (κ1) is 21.5. The van der Waals surface area contributed by atoms with E-state index in [-0.39, 0.29) is 5.91 Å². The zero-order chi connectivity index (χ0) is 22.0. The van der Waals surface area contributed by atoms with Crippen LogP contribution in [0.25, 0.3) is 0 Å². The van der Waals surface area contributed by atoms with Gasteiger partial charge in [0, 0.05) is 23.8 Å². The summed E-state index contributed by atoms with van der Waals surface area (Å²) in [5.41, 5.74) is 7.02. The summed E-state index contributed by atoms with van der Waals surface area (Å²) in [6, 6.07) is 10.3. The molecule has 1 aliphatic rings. The Morgan fingerprint density at radius 1 is 1.19 bits per heavy atom. The summed E-state index contributed by atoms with van der Waals surface area (Å²) in [4.78, 5) is 23.5. The highest BCUT2D eigenvalue weighted by Gasteiger charge is 2.20. The van der Waals surface area contributed by atoms with Gasteiger partial charge in [-0.25, -0.2) is 9.97 Å². The highest BCUT2D eigenvalue weighted by Crippen LogP contribution is 2.33. The zero-order valence-electron chi connectivity index (χ0n) is 17.9. The van der Waals surface area contributed by atoms with Gasteiger partial charge in [0.1, 0.15) is 11.1 Å². The van der Waals surface area contributed by atoms with E-state index in [2.05, 4.69) is 13.0 Å². The Labute approximate surface area is 191 Å². The number of benzene rings is 1. The minimum absolute atomic E-state index is 0.0695. The molecule has 0 saturated carbocycles. The molecule has 0 aliphatic heterocycles. The maximum absolute atomic E-state index is 12.4. The van der Waals surface area contributed by atoms with E-state index in [4.69, 9.17) is 9.97 Å². The Morgan fingerprint density at radius 3 is 2.74 bits per heavy atom. The highest BCUT2D eigenvalue weighted by atomic mass is 32.2. The van der Waals surface area contributed by atoms with Crippen LogP contribution >= 0.6 is 23.1 Å². The molecule has 4 rings (SSSR count). The van der Waals surface area contributed by atoms with E-state index in [1.54, 1.807) is 11.8 Å².